The van der Waals surface area contributed by atoms with Crippen LogP contribution in [0.3, 0.4) is 0 Å². The lowest BCUT2D eigenvalue weighted by Crippen LogP contribution is -2.37. The summed E-state index contributed by atoms with van der Waals surface area (Å²) in [6.45, 7) is 6.29. The zero-order valence-electron chi connectivity index (χ0n) is 13.4. The Balaban J connectivity index is 1.73. The van der Waals surface area contributed by atoms with Gasteiger partial charge in [0.25, 0.3) is 0 Å². The van der Waals surface area contributed by atoms with E-state index >= 15 is 0 Å². The maximum atomic E-state index is 6.04. The first-order valence-corrected chi connectivity index (χ1v) is 8.24. The maximum Gasteiger partial charge on any atom is 0.218 e. The summed E-state index contributed by atoms with van der Waals surface area (Å²) in [5.41, 5.74) is 6.00. The van der Waals surface area contributed by atoms with Crippen molar-refractivity contribution in [2.24, 2.45) is 5.73 Å². The minimum Gasteiger partial charge on any atom is -0.441 e. The molecule has 1 unspecified atom stereocenters. The Morgan fingerprint density at radius 3 is 2.74 bits per heavy atom. The van der Waals surface area contributed by atoms with Crippen LogP contribution in [0.15, 0.2) is 41.2 Å². The summed E-state index contributed by atoms with van der Waals surface area (Å²) in [6.07, 6.45) is 15.0. The van der Waals surface area contributed by atoms with E-state index in [1.54, 1.807) is 17.5 Å². The molecule has 0 aliphatic carbocycles. The molecule has 3 heterocycles. The smallest absolute Gasteiger partial charge is 0.218 e. The van der Waals surface area contributed by atoms with E-state index in [0.29, 0.717) is 5.89 Å². The number of hydrogen-bond acceptors (Lipinski definition) is 6. The Labute approximate surface area is 139 Å². The molecule has 0 amide bonds. The fourth-order valence-corrected chi connectivity index (χ4v) is 2.89. The Hall–Kier alpha value is -2.18. The van der Waals surface area contributed by atoms with Crippen LogP contribution in [-0.2, 0) is 5.41 Å². The lowest BCUT2D eigenvalue weighted by Gasteiger charge is -2.24. The van der Waals surface area contributed by atoms with Crippen LogP contribution in [0.4, 0.5) is 5.13 Å². The molecule has 1 aliphatic rings. The Morgan fingerprint density at radius 1 is 1.22 bits per heavy atom. The van der Waals surface area contributed by atoms with E-state index in [1.807, 2.05) is 47.7 Å². The molecular formula is C17H20N4OS. The fourth-order valence-electron chi connectivity index (χ4n) is 2.04. The third kappa shape index (κ3) is 3.60. The second-order valence-corrected chi connectivity index (χ2v) is 7.36. The van der Waals surface area contributed by atoms with Crippen molar-refractivity contribution in [3.63, 3.8) is 0 Å². The van der Waals surface area contributed by atoms with Gasteiger partial charge in [-0.15, -0.1) is 0 Å². The number of nitrogens with zero attached hydrogens (tertiary/aromatic N) is 3. The molecule has 1 aliphatic heterocycles. The van der Waals surface area contributed by atoms with Crippen LogP contribution >= 0.6 is 11.3 Å². The van der Waals surface area contributed by atoms with Crippen LogP contribution in [0, 0.1) is 0 Å². The minimum absolute atomic E-state index is 0.0407. The zero-order valence-corrected chi connectivity index (χ0v) is 14.2. The largest absolute Gasteiger partial charge is 0.441 e. The van der Waals surface area contributed by atoms with E-state index in [-0.39, 0.29) is 11.6 Å². The van der Waals surface area contributed by atoms with Gasteiger partial charge in [-0.3, -0.25) is 0 Å². The van der Waals surface area contributed by atoms with Gasteiger partial charge < -0.3 is 15.1 Å². The number of nitrogens with two attached hydrogens (primary N) is 1. The lowest BCUT2D eigenvalue weighted by atomic mass is 9.94. The first kappa shape index (κ1) is 15.7. The third-order valence-corrected chi connectivity index (χ3v) is 4.35. The Kier molecular flexibility index (Phi) is 4.19. The van der Waals surface area contributed by atoms with Crippen molar-refractivity contribution >= 4 is 28.6 Å². The van der Waals surface area contributed by atoms with Gasteiger partial charge in [0.2, 0.25) is 5.89 Å². The first-order valence-electron chi connectivity index (χ1n) is 7.42. The molecule has 6 heteroatoms. The van der Waals surface area contributed by atoms with Gasteiger partial charge in [0.05, 0.1) is 6.20 Å². The number of hydrogen-bond donors (Lipinski definition) is 1. The van der Waals surface area contributed by atoms with Gasteiger partial charge in [-0.2, -0.15) is 0 Å². The summed E-state index contributed by atoms with van der Waals surface area (Å²) >= 11 is 1.57. The van der Waals surface area contributed by atoms with Crippen molar-refractivity contribution in [3.8, 4) is 0 Å². The lowest BCUT2D eigenvalue weighted by molar-refractivity contribution is 0.403. The molecule has 5 nitrogen and oxygen atoms in total. The van der Waals surface area contributed by atoms with E-state index in [0.717, 1.165) is 15.8 Å². The number of rotatable bonds is 3. The van der Waals surface area contributed by atoms with Gasteiger partial charge in [-0.25, -0.2) is 9.97 Å². The molecule has 2 aromatic heterocycles. The van der Waals surface area contributed by atoms with E-state index in [1.165, 1.54) is 0 Å². The van der Waals surface area contributed by atoms with Gasteiger partial charge in [-0.05, 0) is 18.2 Å². The highest BCUT2D eigenvalue weighted by Gasteiger charge is 2.18. The fraction of sp³-hybridized carbons (Fsp3) is 0.294. The zero-order chi connectivity index (χ0) is 16.4. The van der Waals surface area contributed by atoms with Crippen molar-refractivity contribution in [3.05, 3.63) is 53.3 Å². The first-order chi connectivity index (χ1) is 10.9. The number of allylic oxidation sites excluding steroid dienone is 2. The van der Waals surface area contributed by atoms with Crippen molar-refractivity contribution in [1.29, 1.82) is 0 Å². The molecule has 0 spiro atoms. The van der Waals surface area contributed by atoms with Crippen molar-refractivity contribution in [2.45, 2.75) is 32.4 Å². The molecule has 3 rings (SSSR count). The second-order valence-electron chi connectivity index (χ2n) is 6.32. The summed E-state index contributed by atoms with van der Waals surface area (Å²) in [7, 11) is 0. The van der Waals surface area contributed by atoms with Gasteiger partial charge in [0.1, 0.15) is 11.9 Å². The Morgan fingerprint density at radius 2 is 2.04 bits per heavy atom. The van der Waals surface area contributed by atoms with Gasteiger partial charge in [-0.1, -0.05) is 38.2 Å². The molecule has 1 atom stereocenters. The van der Waals surface area contributed by atoms with E-state index in [9.17, 15) is 0 Å². The molecule has 0 saturated carbocycles. The average molecular weight is 328 g/mol. The van der Waals surface area contributed by atoms with Crippen LogP contribution in [0.2, 0.25) is 0 Å². The molecule has 23 heavy (non-hydrogen) atoms. The number of oxazole rings is 1. The third-order valence-electron chi connectivity index (χ3n) is 3.37. The molecule has 2 aromatic rings. The van der Waals surface area contributed by atoms with E-state index < -0.39 is 0 Å². The summed E-state index contributed by atoms with van der Waals surface area (Å²) in [6, 6.07) is 0. The molecule has 120 valence electrons. The monoisotopic (exact) mass is 328 g/mol. The van der Waals surface area contributed by atoms with Gasteiger partial charge in [0.15, 0.2) is 5.13 Å². The Bertz CT molecular complexity index is 764. The quantitative estimate of drug-likeness (QED) is 0.929. The minimum atomic E-state index is -0.177. The van der Waals surface area contributed by atoms with Crippen LogP contribution in [0.25, 0.3) is 12.2 Å². The molecule has 0 radical (unpaired) electrons. The molecular weight excluding hydrogens is 308 g/mol. The highest BCUT2D eigenvalue weighted by Crippen LogP contribution is 2.27. The van der Waals surface area contributed by atoms with Crippen LogP contribution in [-0.4, -0.2) is 16.1 Å². The standard InChI is InChI=1S/C17H20N4OS/c1-17(2,3)13-11-19-15(22-13)8-7-12-10-20-16(23-12)21-9-5-4-6-14(21)18/h4-11,14H,18H2,1-3H3/b8-7+. The number of anilines is 1. The van der Waals surface area contributed by atoms with Crippen molar-refractivity contribution in [2.75, 3.05) is 4.90 Å². The normalized spacial score (nSPS) is 18.3. The highest BCUT2D eigenvalue weighted by molar-refractivity contribution is 7.16. The summed E-state index contributed by atoms with van der Waals surface area (Å²) in [5.74, 6) is 1.47. The summed E-state index contributed by atoms with van der Waals surface area (Å²) < 4.78 is 5.75. The summed E-state index contributed by atoms with van der Waals surface area (Å²) in [5, 5.41) is 0.862. The summed E-state index contributed by atoms with van der Waals surface area (Å²) in [4.78, 5) is 11.7. The van der Waals surface area contributed by atoms with Crippen LogP contribution < -0.4 is 10.6 Å². The average Bonchev–Trinajstić information content (AvgIpc) is 3.14. The van der Waals surface area contributed by atoms with Crippen molar-refractivity contribution < 1.29 is 4.42 Å². The molecule has 2 N–H and O–H groups in total. The van der Waals surface area contributed by atoms with Gasteiger partial charge >= 0.3 is 0 Å². The maximum absolute atomic E-state index is 6.04. The van der Waals surface area contributed by atoms with E-state index in [4.69, 9.17) is 10.2 Å². The molecule has 0 aromatic carbocycles. The van der Waals surface area contributed by atoms with E-state index in [2.05, 4.69) is 30.7 Å². The van der Waals surface area contributed by atoms with Gasteiger partial charge in [0, 0.05) is 28.8 Å². The van der Waals surface area contributed by atoms with Crippen LogP contribution in [0.1, 0.15) is 37.3 Å². The second kappa shape index (κ2) is 6.14. The molecule has 0 fully saturated rings. The molecule has 0 bridgehead atoms. The highest BCUT2D eigenvalue weighted by atomic mass is 32.1. The van der Waals surface area contributed by atoms with Crippen LogP contribution in [0.5, 0.6) is 0 Å². The topological polar surface area (TPSA) is 68.2 Å². The SMILES string of the molecule is CC(C)(C)c1cnc(/C=C/c2cnc(N3C=CC=CC3N)s2)o1. The predicted molar refractivity (Wildman–Crippen MR) is 95.0 cm³/mol. The predicted octanol–water partition coefficient (Wildman–Crippen LogP) is 3.77. The van der Waals surface area contributed by atoms with Crippen molar-refractivity contribution in [1.82, 2.24) is 9.97 Å². The number of thiazole rings is 1. The molecule has 0 saturated heterocycles. The number of aromatic nitrogens is 2.